The molecule has 0 spiro atoms. The summed E-state index contributed by atoms with van der Waals surface area (Å²) in [4.78, 5) is 0. The first kappa shape index (κ1) is 13.9. The molecular weight excluding hydrogens is 258 g/mol. The van der Waals surface area contributed by atoms with Gasteiger partial charge in [-0.1, -0.05) is 42.8 Å². The van der Waals surface area contributed by atoms with Crippen LogP contribution in [0.15, 0.2) is 48.5 Å². The molecule has 2 rings (SSSR count). The predicted octanol–water partition coefficient (Wildman–Crippen LogP) is 4.41. The van der Waals surface area contributed by atoms with Crippen LogP contribution in [0.2, 0.25) is 5.02 Å². The van der Waals surface area contributed by atoms with Gasteiger partial charge in [-0.15, -0.1) is 0 Å². The van der Waals surface area contributed by atoms with Crippen LogP contribution in [0.5, 0.6) is 11.5 Å². The highest BCUT2D eigenvalue weighted by Gasteiger charge is 2.07. The molecule has 2 aromatic carbocycles. The fourth-order valence-electron chi connectivity index (χ4n) is 1.82. The maximum Gasteiger partial charge on any atom is 0.146 e. The Kier molecular flexibility index (Phi) is 4.83. The quantitative estimate of drug-likeness (QED) is 0.877. The molecule has 0 radical (unpaired) electrons. The van der Waals surface area contributed by atoms with Crippen molar-refractivity contribution >= 4 is 11.6 Å². The van der Waals surface area contributed by atoms with E-state index >= 15 is 0 Å². The zero-order valence-corrected chi connectivity index (χ0v) is 11.7. The van der Waals surface area contributed by atoms with E-state index in [-0.39, 0.29) is 6.04 Å². The molecule has 0 amide bonds. The molecule has 1 unspecified atom stereocenters. The van der Waals surface area contributed by atoms with E-state index in [1.807, 2.05) is 48.5 Å². The monoisotopic (exact) mass is 275 g/mol. The van der Waals surface area contributed by atoms with Gasteiger partial charge in [-0.25, -0.2) is 0 Å². The van der Waals surface area contributed by atoms with Crippen molar-refractivity contribution in [1.82, 2.24) is 0 Å². The molecule has 0 saturated heterocycles. The average molecular weight is 276 g/mol. The molecule has 3 heteroatoms. The summed E-state index contributed by atoms with van der Waals surface area (Å²) in [5.74, 6) is 1.45. The lowest BCUT2D eigenvalue weighted by Gasteiger charge is -2.11. The lowest BCUT2D eigenvalue weighted by molar-refractivity contribution is 0.482. The van der Waals surface area contributed by atoms with Crippen molar-refractivity contribution in [2.24, 2.45) is 5.73 Å². The zero-order chi connectivity index (χ0) is 13.7. The van der Waals surface area contributed by atoms with E-state index < -0.39 is 0 Å². The van der Waals surface area contributed by atoms with Gasteiger partial charge in [-0.05, 0) is 42.7 Å². The van der Waals surface area contributed by atoms with E-state index in [1.54, 1.807) is 0 Å². The molecule has 0 aliphatic rings. The number of ether oxygens (including phenoxy) is 1. The smallest absolute Gasteiger partial charge is 0.146 e. The average Bonchev–Trinajstić information content (AvgIpc) is 2.43. The number of nitrogens with two attached hydrogens (primary N) is 1. The van der Waals surface area contributed by atoms with Gasteiger partial charge in [0.05, 0.1) is 5.02 Å². The van der Waals surface area contributed by atoms with E-state index in [1.165, 1.54) is 0 Å². The van der Waals surface area contributed by atoms with E-state index in [0.717, 1.165) is 24.2 Å². The number of halogens is 1. The Bertz CT molecular complexity index is 528. The largest absolute Gasteiger partial charge is 0.456 e. The highest BCUT2D eigenvalue weighted by molar-refractivity contribution is 6.32. The van der Waals surface area contributed by atoms with Gasteiger partial charge in [0.2, 0.25) is 0 Å². The van der Waals surface area contributed by atoms with Crippen LogP contribution >= 0.6 is 11.6 Å². The Hall–Kier alpha value is -1.51. The Morgan fingerprint density at radius 1 is 1.16 bits per heavy atom. The van der Waals surface area contributed by atoms with Crippen molar-refractivity contribution in [3.63, 3.8) is 0 Å². The first-order chi connectivity index (χ1) is 9.19. The lowest BCUT2D eigenvalue weighted by Crippen LogP contribution is -2.21. The van der Waals surface area contributed by atoms with Crippen LogP contribution < -0.4 is 10.5 Å². The van der Waals surface area contributed by atoms with Crippen LogP contribution in [0, 0.1) is 0 Å². The molecular formula is C16H18ClNO. The molecule has 0 fully saturated rings. The normalized spacial score (nSPS) is 12.2. The van der Waals surface area contributed by atoms with Crippen LogP contribution in [0.1, 0.15) is 18.9 Å². The molecule has 0 bridgehead atoms. The van der Waals surface area contributed by atoms with Gasteiger partial charge in [0.1, 0.15) is 11.5 Å². The van der Waals surface area contributed by atoms with Gasteiger partial charge in [0, 0.05) is 6.04 Å². The van der Waals surface area contributed by atoms with Gasteiger partial charge < -0.3 is 10.5 Å². The van der Waals surface area contributed by atoms with Crippen molar-refractivity contribution < 1.29 is 4.74 Å². The molecule has 0 saturated carbocycles. The summed E-state index contributed by atoms with van der Waals surface area (Å²) in [6, 6.07) is 15.6. The second kappa shape index (κ2) is 6.60. The van der Waals surface area contributed by atoms with Gasteiger partial charge in [-0.2, -0.15) is 0 Å². The summed E-state index contributed by atoms with van der Waals surface area (Å²) in [6.07, 6.45) is 1.79. The summed E-state index contributed by atoms with van der Waals surface area (Å²) >= 11 is 6.24. The topological polar surface area (TPSA) is 35.2 Å². The van der Waals surface area contributed by atoms with Crippen molar-refractivity contribution in [2.75, 3.05) is 0 Å². The molecule has 2 nitrogen and oxygen atoms in total. The Labute approximate surface area is 119 Å². The van der Waals surface area contributed by atoms with Gasteiger partial charge in [0.25, 0.3) is 0 Å². The molecule has 0 aliphatic carbocycles. The minimum Gasteiger partial charge on any atom is -0.456 e. The standard InChI is InChI=1S/C16H18ClNO/c1-2-13(18)10-12-8-9-16(15(17)11-12)19-14-6-4-3-5-7-14/h3-9,11,13H,2,10,18H2,1H3. The van der Waals surface area contributed by atoms with E-state index in [0.29, 0.717) is 10.8 Å². The fourth-order valence-corrected chi connectivity index (χ4v) is 2.06. The van der Waals surface area contributed by atoms with E-state index in [2.05, 4.69) is 6.92 Å². The highest BCUT2D eigenvalue weighted by Crippen LogP contribution is 2.30. The maximum atomic E-state index is 6.24. The summed E-state index contributed by atoms with van der Waals surface area (Å²) in [5.41, 5.74) is 7.08. The van der Waals surface area contributed by atoms with Crippen molar-refractivity contribution in [1.29, 1.82) is 0 Å². The zero-order valence-electron chi connectivity index (χ0n) is 11.0. The van der Waals surface area contributed by atoms with E-state index in [9.17, 15) is 0 Å². The molecule has 2 N–H and O–H groups in total. The summed E-state index contributed by atoms with van der Waals surface area (Å²) in [7, 11) is 0. The molecule has 1 atom stereocenters. The maximum absolute atomic E-state index is 6.24. The number of hydrogen-bond donors (Lipinski definition) is 1. The van der Waals surface area contributed by atoms with Gasteiger partial charge in [-0.3, -0.25) is 0 Å². The van der Waals surface area contributed by atoms with Gasteiger partial charge in [0.15, 0.2) is 0 Å². The molecule has 0 aromatic heterocycles. The lowest BCUT2D eigenvalue weighted by atomic mass is 10.0. The Morgan fingerprint density at radius 3 is 2.53 bits per heavy atom. The third-order valence-electron chi connectivity index (χ3n) is 2.99. The molecule has 2 aromatic rings. The molecule has 0 heterocycles. The Balaban J connectivity index is 2.11. The van der Waals surface area contributed by atoms with Crippen molar-refractivity contribution in [3.8, 4) is 11.5 Å². The van der Waals surface area contributed by atoms with E-state index in [4.69, 9.17) is 22.1 Å². The number of hydrogen-bond acceptors (Lipinski definition) is 2. The SMILES string of the molecule is CCC(N)Cc1ccc(Oc2ccccc2)c(Cl)c1. The van der Waals surface area contributed by atoms with Crippen LogP contribution in [0.25, 0.3) is 0 Å². The second-order valence-corrected chi connectivity index (χ2v) is 4.96. The van der Waals surface area contributed by atoms with Crippen LogP contribution in [-0.4, -0.2) is 6.04 Å². The first-order valence-electron chi connectivity index (χ1n) is 6.46. The summed E-state index contributed by atoms with van der Waals surface area (Å²) < 4.78 is 5.73. The third kappa shape index (κ3) is 3.98. The highest BCUT2D eigenvalue weighted by atomic mass is 35.5. The van der Waals surface area contributed by atoms with Crippen LogP contribution in [-0.2, 0) is 6.42 Å². The first-order valence-corrected chi connectivity index (χ1v) is 6.83. The summed E-state index contributed by atoms with van der Waals surface area (Å²) in [5, 5.41) is 0.615. The van der Waals surface area contributed by atoms with Gasteiger partial charge >= 0.3 is 0 Å². The second-order valence-electron chi connectivity index (χ2n) is 4.55. The Morgan fingerprint density at radius 2 is 1.89 bits per heavy atom. The van der Waals surface area contributed by atoms with Crippen LogP contribution in [0.3, 0.4) is 0 Å². The van der Waals surface area contributed by atoms with Crippen LogP contribution in [0.4, 0.5) is 0 Å². The fraction of sp³-hybridized carbons (Fsp3) is 0.250. The third-order valence-corrected chi connectivity index (χ3v) is 3.28. The number of benzene rings is 2. The molecule has 19 heavy (non-hydrogen) atoms. The minimum atomic E-state index is 0.178. The molecule has 0 aliphatic heterocycles. The van der Waals surface area contributed by atoms with Crippen molar-refractivity contribution in [2.45, 2.75) is 25.8 Å². The minimum absolute atomic E-state index is 0.178. The number of rotatable bonds is 5. The molecule has 100 valence electrons. The summed E-state index contributed by atoms with van der Waals surface area (Å²) in [6.45, 7) is 2.08. The predicted molar refractivity (Wildman–Crippen MR) is 79.9 cm³/mol. The number of para-hydroxylation sites is 1. The van der Waals surface area contributed by atoms with Crippen molar-refractivity contribution in [3.05, 3.63) is 59.1 Å².